The average molecular weight is 413 g/mol. The zero-order chi connectivity index (χ0) is 21.8. The number of carbonyl (C=O) groups is 1. The summed E-state index contributed by atoms with van der Waals surface area (Å²) in [6.07, 6.45) is 2.50. The molecule has 0 unspecified atom stereocenters. The zero-order valence-corrected chi connectivity index (χ0v) is 18.4. The number of hydrogen-bond acceptors (Lipinski definition) is 4. The molecule has 0 heterocycles. The van der Waals surface area contributed by atoms with Gasteiger partial charge >= 0.3 is 6.09 Å². The fraction of sp³-hybridized carbons (Fsp3) is 0.480. The van der Waals surface area contributed by atoms with Gasteiger partial charge in [-0.2, -0.15) is 0 Å². The van der Waals surface area contributed by atoms with Crippen LogP contribution < -0.4 is 10.6 Å². The van der Waals surface area contributed by atoms with Crippen LogP contribution in [-0.4, -0.2) is 42.0 Å². The van der Waals surface area contributed by atoms with Crippen LogP contribution in [0.15, 0.2) is 60.7 Å². The van der Waals surface area contributed by atoms with Crippen molar-refractivity contribution in [2.45, 2.75) is 64.2 Å². The summed E-state index contributed by atoms with van der Waals surface area (Å²) in [5.74, 6) is 0. The largest absolute Gasteiger partial charge is 0.444 e. The number of ether oxygens (including phenoxy) is 1. The molecule has 3 N–H and O–H groups in total. The summed E-state index contributed by atoms with van der Waals surface area (Å²) in [5, 5.41) is 16.9. The van der Waals surface area contributed by atoms with Crippen molar-refractivity contribution < 1.29 is 14.6 Å². The minimum atomic E-state index is -0.716. The Labute approximate surface area is 180 Å². The third-order valence-electron chi connectivity index (χ3n) is 4.73. The predicted octanol–water partition coefficient (Wildman–Crippen LogP) is 4.10. The fourth-order valence-electron chi connectivity index (χ4n) is 3.23. The van der Waals surface area contributed by atoms with Crippen molar-refractivity contribution in [3.63, 3.8) is 0 Å². The number of unbranched alkanes of at least 4 members (excludes halogenated alkanes) is 1. The molecule has 2 aromatic carbocycles. The third kappa shape index (κ3) is 9.90. The third-order valence-corrected chi connectivity index (χ3v) is 4.73. The lowest BCUT2D eigenvalue weighted by Crippen LogP contribution is -2.50. The monoisotopic (exact) mass is 412 g/mol. The Morgan fingerprint density at radius 2 is 1.57 bits per heavy atom. The second kappa shape index (κ2) is 12.4. The molecule has 0 aliphatic rings. The summed E-state index contributed by atoms with van der Waals surface area (Å²) < 4.78 is 5.37. The Bertz CT molecular complexity index is 729. The highest BCUT2D eigenvalue weighted by Gasteiger charge is 2.24. The highest BCUT2D eigenvalue weighted by Crippen LogP contribution is 2.10. The van der Waals surface area contributed by atoms with Gasteiger partial charge in [-0.25, -0.2) is 4.79 Å². The predicted molar refractivity (Wildman–Crippen MR) is 122 cm³/mol. The van der Waals surface area contributed by atoms with Crippen LogP contribution in [0.3, 0.4) is 0 Å². The molecule has 0 bridgehead atoms. The standard InChI is InChI=1S/C25H36N2O3/c1-25(2,3)30-24(29)27-22(18-21-15-8-5-9-16-21)23(28)19-26-17-11-10-14-20-12-6-4-7-13-20/h4-9,12-13,15-16,22-23,26,28H,10-11,14,17-19H2,1-3H3,(H,27,29)/t22-,23+/m0/s1. The average Bonchev–Trinajstić information content (AvgIpc) is 2.70. The molecule has 0 aliphatic heterocycles. The van der Waals surface area contributed by atoms with Crippen molar-refractivity contribution in [2.24, 2.45) is 0 Å². The summed E-state index contributed by atoms with van der Waals surface area (Å²) in [7, 11) is 0. The molecule has 0 radical (unpaired) electrons. The van der Waals surface area contributed by atoms with Gasteiger partial charge in [-0.1, -0.05) is 60.7 Å². The zero-order valence-electron chi connectivity index (χ0n) is 18.4. The number of hydrogen-bond donors (Lipinski definition) is 3. The van der Waals surface area contributed by atoms with E-state index in [2.05, 4.69) is 34.9 Å². The van der Waals surface area contributed by atoms with E-state index in [4.69, 9.17) is 4.74 Å². The number of amides is 1. The van der Waals surface area contributed by atoms with Gasteiger partial charge in [-0.05, 0) is 64.1 Å². The molecule has 0 spiro atoms. The topological polar surface area (TPSA) is 70.6 Å². The Hall–Kier alpha value is -2.37. The maximum absolute atomic E-state index is 12.2. The first-order valence-electron chi connectivity index (χ1n) is 10.8. The molecule has 0 aliphatic carbocycles. The summed E-state index contributed by atoms with van der Waals surface area (Å²) >= 11 is 0. The minimum Gasteiger partial charge on any atom is -0.444 e. The molecule has 30 heavy (non-hydrogen) atoms. The molecule has 2 atom stereocenters. The van der Waals surface area contributed by atoms with Gasteiger partial charge in [-0.3, -0.25) is 0 Å². The van der Waals surface area contributed by atoms with Gasteiger partial charge in [0.05, 0.1) is 12.1 Å². The number of aliphatic hydroxyl groups is 1. The summed E-state index contributed by atoms with van der Waals surface area (Å²) in [5.41, 5.74) is 1.83. The van der Waals surface area contributed by atoms with Gasteiger partial charge in [0.1, 0.15) is 5.60 Å². The second-order valence-electron chi connectivity index (χ2n) is 8.66. The number of aliphatic hydroxyl groups excluding tert-OH is 1. The molecular formula is C25H36N2O3. The molecule has 0 fully saturated rings. The van der Waals surface area contributed by atoms with Crippen LogP contribution in [0.1, 0.15) is 44.7 Å². The van der Waals surface area contributed by atoms with Gasteiger partial charge in [0, 0.05) is 6.54 Å². The maximum Gasteiger partial charge on any atom is 0.407 e. The molecule has 2 aromatic rings. The smallest absolute Gasteiger partial charge is 0.407 e. The van der Waals surface area contributed by atoms with Crippen LogP contribution in [0, 0.1) is 0 Å². The van der Waals surface area contributed by atoms with Gasteiger partial charge in [-0.15, -0.1) is 0 Å². The molecule has 0 aromatic heterocycles. The summed E-state index contributed by atoms with van der Waals surface area (Å²) in [6, 6.07) is 19.9. The second-order valence-corrected chi connectivity index (χ2v) is 8.66. The number of benzene rings is 2. The summed E-state index contributed by atoms with van der Waals surface area (Å²) in [6.45, 7) is 6.72. The molecule has 164 valence electrons. The fourth-order valence-corrected chi connectivity index (χ4v) is 3.23. The molecule has 0 saturated heterocycles. The Morgan fingerprint density at radius 3 is 2.17 bits per heavy atom. The Balaban J connectivity index is 1.79. The molecule has 2 rings (SSSR count). The lowest BCUT2D eigenvalue weighted by molar-refractivity contribution is 0.0422. The quantitative estimate of drug-likeness (QED) is 0.486. The van der Waals surface area contributed by atoms with E-state index < -0.39 is 23.8 Å². The van der Waals surface area contributed by atoms with Gasteiger partial charge in [0.15, 0.2) is 0 Å². The first-order chi connectivity index (χ1) is 14.3. The SMILES string of the molecule is CC(C)(C)OC(=O)N[C@@H](Cc1ccccc1)[C@H](O)CNCCCCc1ccccc1. The number of aryl methyl sites for hydroxylation is 1. The van der Waals surface area contributed by atoms with E-state index in [1.165, 1.54) is 5.56 Å². The van der Waals surface area contributed by atoms with E-state index in [0.29, 0.717) is 13.0 Å². The Kier molecular flexibility index (Phi) is 9.84. The normalized spacial score (nSPS) is 13.5. The van der Waals surface area contributed by atoms with Crippen molar-refractivity contribution in [1.82, 2.24) is 10.6 Å². The van der Waals surface area contributed by atoms with Gasteiger partial charge < -0.3 is 20.5 Å². The van der Waals surface area contributed by atoms with E-state index in [9.17, 15) is 9.90 Å². The first-order valence-corrected chi connectivity index (χ1v) is 10.8. The van der Waals surface area contributed by atoms with Crippen LogP contribution in [0.5, 0.6) is 0 Å². The van der Waals surface area contributed by atoms with E-state index in [0.717, 1.165) is 31.4 Å². The van der Waals surface area contributed by atoms with Crippen molar-refractivity contribution >= 4 is 6.09 Å². The lowest BCUT2D eigenvalue weighted by Gasteiger charge is -2.27. The molecule has 5 heteroatoms. The maximum atomic E-state index is 12.2. The highest BCUT2D eigenvalue weighted by molar-refractivity contribution is 5.68. The molecule has 1 amide bonds. The minimum absolute atomic E-state index is 0.415. The molecule has 5 nitrogen and oxygen atoms in total. The number of nitrogens with one attached hydrogen (secondary N) is 2. The van der Waals surface area contributed by atoms with E-state index >= 15 is 0 Å². The number of carbonyl (C=O) groups excluding carboxylic acids is 1. The van der Waals surface area contributed by atoms with Crippen LogP contribution in [0.25, 0.3) is 0 Å². The van der Waals surface area contributed by atoms with Crippen molar-refractivity contribution in [1.29, 1.82) is 0 Å². The first kappa shape index (κ1) is 23.9. The van der Waals surface area contributed by atoms with E-state index in [-0.39, 0.29) is 0 Å². The van der Waals surface area contributed by atoms with Gasteiger partial charge in [0.2, 0.25) is 0 Å². The van der Waals surface area contributed by atoms with E-state index in [1.54, 1.807) is 0 Å². The van der Waals surface area contributed by atoms with Crippen LogP contribution >= 0.6 is 0 Å². The van der Waals surface area contributed by atoms with Crippen LogP contribution in [0.4, 0.5) is 4.79 Å². The van der Waals surface area contributed by atoms with Crippen molar-refractivity contribution in [2.75, 3.05) is 13.1 Å². The number of alkyl carbamates (subject to hydrolysis) is 1. The summed E-state index contributed by atoms with van der Waals surface area (Å²) in [4.78, 5) is 12.2. The van der Waals surface area contributed by atoms with Crippen LogP contribution in [-0.2, 0) is 17.6 Å². The van der Waals surface area contributed by atoms with Crippen molar-refractivity contribution in [3.8, 4) is 0 Å². The number of rotatable bonds is 11. The van der Waals surface area contributed by atoms with Crippen LogP contribution in [0.2, 0.25) is 0 Å². The van der Waals surface area contributed by atoms with Gasteiger partial charge in [0.25, 0.3) is 0 Å². The Morgan fingerprint density at radius 1 is 0.967 bits per heavy atom. The molecular weight excluding hydrogens is 376 g/mol. The lowest BCUT2D eigenvalue weighted by atomic mass is 10.0. The van der Waals surface area contributed by atoms with Crippen molar-refractivity contribution in [3.05, 3.63) is 71.8 Å². The van der Waals surface area contributed by atoms with E-state index in [1.807, 2.05) is 57.2 Å². The highest BCUT2D eigenvalue weighted by atomic mass is 16.6. The molecule has 0 saturated carbocycles.